The SMILES string of the molecule is Clc1ccc(COc2ccc(Br)cc2C=NNc2ccccc2)cc1. The molecule has 0 spiro atoms. The predicted molar refractivity (Wildman–Crippen MR) is 108 cm³/mol. The Bertz CT molecular complexity index is 851. The second-order valence-electron chi connectivity index (χ2n) is 5.33. The van der Waals surface area contributed by atoms with Crippen LogP contribution in [-0.4, -0.2) is 6.21 Å². The minimum Gasteiger partial charge on any atom is -0.488 e. The van der Waals surface area contributed by atoms with E-state index < -0.39 is 0 Å². The first-order chi connectivity index (χ1) is 12.2. The molecule has 1 N–H and O–H groups in total. The number of anilines is 1. The van der Waals surface area contributed by atoms with Gasteiger partial charge in [0.2, 0.25) is 0 Å². The molecule has 0 heterocycles. The maximum absolute atomic E-state index is 5.94. The van der Waals surface area contributed by atoms with Crippen molar-refractivity contribution in [3.8, 4) is 5.75 Å². The monoisotopic (exact) mass is 414 g/mol. The highest BCUT2D eigenvalue weighted by molar-refractivity contribution is 9.10. The number of hydrogen-bond acceptors (Lipinski definition) is 3. The zero-order valence-corrected chi connectivity index (χ0v) is 15.7. The van der Waals surface area contributed by atoms with E-state index in [9.17, 15) is 0 Å². The summed E-state index contributed by atoms with van der Waals surface area (Å²) in [7, 11) is 0. The molecule has 126 valence electrons. The molecule has 0 amide bonds. The second-order valence-corrected chi connectivity index (χ2v) is 6.69. The van der Waals surface area contributed by atoms with Gasteiger partial charge in [-0.15, -0.1) is 0 Å². The summed E-state index contributed by atoms with van der Waals surface area (Å²) in [5, 5.41) is 5.00. The van der Waals surface area contributed by atoms with E-state index in [1.54, 1.807) is 6.21 Å². The third-order valence-corrected chi connectivity index (χ3v) is 4.20. The maximum Gasteiger partial charge on any atom is 0.128 e. The molecule has 3 aromatic rings. The summed E-state index contributed by atoms with van der Waals surface area (Å²) in [4.78, 5) is 0. The molecule has 0 radical (unpaired) electrons. The summed E-state index contributed by atoms with van der Waals surface area (Å²) in [6, 6.07) is 23.2. The Hall–Kier alpha value is -2.30. The first kappa shape index (κ1) is 17.5. The van der Waals surface area contributed by atoms with Gasteiger partial charge in [-0.05, 0) is 48.0 Å². The van der Waals surface area contributed by atoms with E-state index in [0.717, 1.165) is 27.0 Å². The number of benzene rings is 3. The molecule has 0 fully saturated rings. The molecule has 0 aliphatic rings. The number of para-hydroxylation sites is 1. The Balaban J connectivity index is 1.70. The van der Waals surface area contributed by atoms with Crippen LogP contribution in [0.3, 0.4) is 0 Å². The van der Waals surface area contributed by atoms with Crippen LogP contribution in [0.25, 0.3) is 0 Å². The molecule has 0 unspecified atom stereocenters. The van der Waals surface area contributed by atoms with E-state index in [1.807, 2.05) is 72.8 Å². The summed E-state index contributed by atoms with van der Waals surface area (Å²) >= 11 is 9.39. The fraction of sp³-hybridized carbons (Fsp3) is 0.0500. The van der Waals surface area contributed by atoms with Gasteiger partial charge in [0.05, 0.1) is 11.9 Å². The molecule has 0 aromatic heterocycles. The van der Waals surface area contributed by atoms with Crippen molar-refractivity contribution in [1.82, 2.24) is 0 Å². The number of halogens is 2. The second kappa shape index (κ2) is 8.70. The van der Waals surface area contributed by atoms with Crippen LogP contribution in [-0.2, 0) is 6.61 Å². The summed E-state index contributed by atoms with van der Waals surface area (Å²) in [6.07, 6.45) is 1.74. The number of ether oxygens (including phenoxy) is 1. The highest BCUT2D eigenvalue weighted by atomic mass is 79.9. The molecule has 3 nitrogen and oxygen atoms in total. The van der Waals surface area contributed by atoms with Crippen LogP contribution >= 0.6 is 27.5 Å². The molecule has 0 saturated heterocycles. The Morgan fingerprint density at radius 1 is 1.00 bits per heavy atom. The average Bonchev–Trinajstić information content (AvgIpc) is 2.63. The smallest absolute Gasteiger partial charge is 0.128 e. The number of rotatable bonds is 6. The molecule has 0 bridgehead atoms. The molecule has 5 heteroatoms. The molecule has 3 aromatic carbocycles. The number of nitrogens with zero attached hydrogens (tertiary/aromatic N) is 1. The van der Waals surface area contributed by atoms with Crippen LogP contribution in [0.5, 0.6) is 5.75 Å². The van der Waals surface area contributed by atoms with Crippen molar-refractivity contribution < 1.29 is 4.74 Å². The average molecular weight is 416 g/mol. The molecular weight excluding hydrogens is 400 g/mol. The lowest BCUT2D eigenvalue weighted by Gasteiger charge is -2.10. The zero-order chi connectivity index (χ0) is 17.5. The zero-order valence-electron chi connectivity index (χ0n) is 13.3. The topological polar surface area (TPSA) is 33.6 Å². The van der Waals surface area contributed by atoms with Gasteiger partial charge in [0.25, 0.3) is 0 Å². The minimum absolute atomic E-state index is 0.464. The van der Waals surface area contributed by atoms with E-state index in [1.165, 1.54) is 0 Å². The van der Waals surface area contributed by atoms with Crippen LogP contribution in [0.4, 0.5) is 5.69 Å². The number of nitrogens with one attached hydrogen (secondary N) is 1. The largest absolute Gasteiger partial charge is 0.488 e. The van der Waals surface area contributed by atoms with Gasteiger partial charge >= 0.3 is 0 Å². The summed E-state index contributed by atoms with van der Waals surface area (Å²) in [6.45, 7) is 0.464. The van der Waals surface area contributed by atoms with Crippen molar-refractivity contribution in [3.05, 3.63) is 93.4 Å². The van der Waals surface area contributed by atoms with Gasteiger partial charge in [-0.1, -0.05) is 57.9 Å². The fourth-order valence-electron chi connectivity index (χ4n) is 2.18. The van der Waals surface area contributed by atoms with E-state index >= 15 is 0 Å². The summed E-state index contributed by atoms with van der Waals surface area (Å²) < 4.78 is 6.90. The van der Waals surface area contributed by atoms with Crippen LogP contribution in [0.1, 0.15) is 11.1 Å². The van der Waals surface area contributed by atoms with Gasteiger partial charge in [-0.25, -0.2) is 0 Å². The van der Waals surface area contributed by atoms with Crippen LogP contribution in [0.2, 0.25) is 5.02 Å². The van der Waals surface area contributed by atoms with Crippen molar-refractivity contribution in [2.75, 3.05) is 5.43 Å². The van der Waals surface area contributed by atoms with Gasteiger partial charge in [-0.2, -0.15) is 5.10 Å². The van der Waals surface area contributed by atoms with Gasteiger partial charge in [0.1, 0.15) is 12.4 Å². The van der Waals surface area contributed by atoms with Gasteiger partial charge in [-0.3, -0.25) is 5.43 Å². The molecule has 0 saturated carbocycles. The Kier molecular flexibility index (Phi) is 6.09. The molecule has 25 heavy (non-hydrogen) atoms. The highest BCUT2D eigenvalue weighted by Gasteiger charge is 2.04. The van der Waals surface area contributed by atoms with Gasteiger partial charge in [0, 0.05) is 15.1 Å². The van der Waals surface area contributed by atoms with Crippen molar-refractivity contribution in [2.24, 2.45) is 5.10 Å². The Morgan fingerprint density at radius 2 is 1.76 bits per heavy atom. The van der Waals surface area contributed by atoms with Crippen molar-refractivity contribution >= 4 is 39.4 Å². The van der Waals surface area contributed by atoms with Crippen molar-refractivity contribution in [3.63, 3.8) is 0 Å². The third kappa shape index (κ3) is 5.34. The fourth-order valence-corrected chi connectivity index (χ4v) is 2.69. The van der Waals surface area contributed by atoms with Gasteiger partial charge in [0.15, 0.2) is 0 Å². The van der Waals surface area contributed by atoms with Crippen molar-refractivity contribution in [1.29, 1.82) is 0 Å². The molecule has 0 aliphatic carbocycles. The maximum atomic E-state index is 5.94. The lowest BCUT2D eigenvalue weighted by Crippen LogP contribution is -1.99. The van der Waals surface area contributed by atoms with Crippen LogP contribution in [0, 0.1) is 0 Å². The van der Waals surface area contributed by atoms with E-state index in [0.29, 0.717) is 11.6 Å². The van der Waals surface area contributed by atoms with Gasteiger partial charge < -0.3 is 4.74 Å². The lowest BCUT2D eigenvalue weighted by atomic mass is 10.2. The standard InChI is InChI=1S/C20H16BrClN2O/c21-17-8-11-20(25-14-15-6-9-18(22)10-7-15)16(12-17)13-23-24-19-4-2-1-3-5-19/h1-13,24H,14H2. The summed E-state index contributed by atoms with van der Waals surface area (Å²) in [5.41, 5.74) is 5.87. The molecular formula is C20H16BrClN2O. The normalized spacial score (nSPS) is 10.8. The van der Waals surface area contributed by atoms with Crippen LogP contribution < -0.4 is 10.2 Å². The van der Waals surface area contributed by atoms with E-state index in [4.69, 9.17) is 16.3 Å². The highest BCUT2D eigenvalue weighted by Crippen LogP contribution is 2.23. The Morgan fingerprint density at radius 3 is 2.52 bits per heavy atom. The first-order valence-electron chi connectivity index (χ1n) is 7.71. The van der Waals surface area contributed by atoms with E-state index in [2.05, 4.69) is 26.5 Å². The first-order valence-corrected chi connectivity index (χ1v) is 8.89. The third-order valence-electron chi connectivity index (χ3n) is 3.45. The molecule has 0 atom stereocenters. The Labute approximate surface area is 160 Å². The lowest BCUT2D eigenvalue weighted by molar-refractivity contribution is 0.306. The number of hydrazone groups is 1. The predicted octanol–water partition coefficient (Wildman–Crippen LogP) is 6.13. The molecule has 0 aliphatic heterocycles. The molecule has 3 rings (SSSR count). The minimum atomic E-state index is 0.464. The van der Waals surface area contributed by atoms with E-state index in [-0.39, 0.29) is 0 Å². The number of hydrogen-bond donors (Lipinski definition) is 1. The quantitative estimate of drug-likeness (QED) is 0.388. The van der Waals surface area contributed by atoms with Crippen LogP contribution in [0.15, 0.2) is 82.4 Å². The van der Waals surface area contributed by atoms with Crippen molar-refractivity contribution in [2.45, 2.75) is 6.61 Å². The summed E-state index contributed by atoms with van der Waals surface area (Å²) in [5.74, 6) is 0.761.